The first-order valence-corrected chi connectivity index (χ1v) is 4.90. The molecule has 0 atom stereocenters. The fourth-order valence-electron chi connectivity index (χ4n) is 0.985. The van der Waals surface area contributed by atoms with Gasteiger partial charge in [0.1, 0.15) is 0 Å². The van der Waals surface area contributed by atoms with Crippen LogP contribution in [0.2, 0.25) is 0 Å². The van der Waals surface area contributed by atoms with E-state index in [1.165, 1.54) is 6.07 Å². The van der Waals surface area contributed by atoms with Crippen LogP contribution in [0.15, 0.2) is 23.1 Å². The molecule has 0 amide bonds. The third-order valence-corrected chi connectivity index (χ3v) is 2.62. The number of benzene rings is 1. The molecule has 1 rings (SSSR count). The fourth-order valence-corrected chi connectivity index (χ4v) is 1.79. The Morgan fingerprint density at radius 3 is 2.15 bits per heavy atom. The van der Waals surface area contributed by atoms with E-state index in [-0.39, 0.29) is 32.2 Å². The first-order chi connectivity index (χ1) is 5.41. The molecule has 13 heavy (non-hydrogen) atoms. The zero-order valence-corrected chi connectivity index (χ0v) is 13.9. The Hall–Kier alpha value is 0.0521. The van der Waals surface area contributed by atoms with Gasteiger partial charge in [-0.15, -0.1) is 0 Å². The van der Waals surface area contributed by atoms with Gasteiger partial charge in [-0.05, 0) is 31.0 Å². The van der Waals surface area contributed by atoms with Crippen molar-refractivity contribution >= 4 is 37.4 Å². The summed E-state index contributed by atoms with van der Waals surface area (Å²) in [5.41, 5.74) is 1.37. The van der Waals surface area contributed by atoms with E-state index >= 15 is 0 Å². The van der Waals surface area contributed by atoms with E-state index in [0.29, 0.717) is 5.56 Å². The summed E-state index contributed by atoms with van der Waals surface area (Å²) in [5, 5.41) is 0. The van der Waals surface area contributed by atoms with Crippen LogP contribution in [0.4, 0.5) is 0 Å². The van der Waals surface area contributed by atoms with Gasteiger partial charge in [0, 0.05) is 0 Å². The summed E-state index contributed by atoms with van der Waals surface area (Å²) >= 11 is 0. The van der Waals surface area contributed by atoms with E-state index < -0.39 is 10.1 Å². The molecule has 0 saturated carbocycles. The Labute approximate surface area is 98.1 Å². The summed E-state index contributed by atoms with van der Waals surface area (Å²) in [6.45, 7) is 3.41. The van der Waals surface area contributed by atoms with Crippen LogP contribution in [-0.4, -0.2) is 40.3 Å². The van der Waals surface area contributed by atoms with Crippen molar-refractivity contribution in [1.82, 2.24) is 0 Å². The molecular formula is C8H12O3PbS. The number of aryl methyl sites for hydroxylation is 2. The van der Waals surface area contributed by atoms with Gasteiger partial charge in [-0.25, -0.2) is 0 Å². The minimum atomic E-state index is -4.06. The van der Waals surface area contributed by atoms with Gasteiger partial charge in [0.25, 0.3) is 10.1 Å². The average molecular weight is 395 g/mol. The van der Waals surface area contributed by atoms with Crippen molar-refractivity contribution in [2.45, 2.75) is 18.7 Å². The summed E-state index contributed by atoms with van der Waals surface area (Å²) in [6.07, 6.45) is 0. The Bertz CT molecular complexity index is 398. The molecule has 0 fully saturated rings. The Kier molecular flexibility index (Phi) is 4.54. The molecule has 1 aromatic rings. The second-order valence-corrected chi connectivity index (χ2v) is 4.13. The first-order valence-electron chi connectivity index (χ1n) is 3.46. The van der Waals surface area contributed by atoms with Gasteiger partial charge in [-0.1, -0.05) is 12.1 Å². The quantitative estimate of drug-likeness (QED) is 0.561. The van der Waals surface area contributed by atoms with Crippen molar-refractivity contribution in [2.24, 2.45) is 0 Å². The maximum absolute atomic E-state index is 10.8. The normalized spacial score (nSPS) is 10.7. The van der Waals surface area contributed by atoms with Crippen molar-refractivity contribution < 1.29 is 13.0 Å². The minimum absolute atomic E-state index is 0. The zero-order valence-electron chi connectivity index (χ0n) is 7.61. The molecule has 1 aromatic carbocycles. The molecule has 0 bridgehead atoms. The molecule has 5 heteroatoms. The molecule has 3 nitrogen and oxygen atoms in total. The molecule has 0 heterocycles. The number of rotatable bonds is 1. The summed E-state index contributed by atoms with van der Waals surface area (Å²) < 4.78 is 30.3. The monoisotopic (exact) mass is 396 g/mol. The molecule has 72 valence electrons. The van der Waals surface area contributed by atoms with Crippen LogP contribution >= 0.6 is 0 Å². The van der Waals surface area contributed by atoms with Gasteiger partial charge in [0.2, 0.25) is 0 Å². The van der Waals surface area contributed by atoms with E-state index in [9.17, 15) is 8.42 Å². The van der Waals surface area contributed by atoms with E-state index in [1.54, 1.807) is 26.0 Å². The van der Waals surface area contributed by atoms with Crippen LogP contribution in [0.5, 0.6) is 0 Å². The summed E-state index contributed by atoms with van der Waals surface area (Å²) in [7, 11) is -4.06. The Balaban J connectivity index is 0.00000144. The fraction of sp³-hybridized carbons (Fsp3) is 0.250. The zero-order chi connectivity index (χ0) is 9.35. The summed E-state index contributed by atoms with van der Waals surface area (Å²) in [4.78, 5) is -0.0116. The molecule has 0 spiro atoms. The molecule has 1 N–H and O–H groups in total. The topological polar surface area (TPSA) is 54.4 Å². The van der Waals surface area contributed by atoms with Crippen molar-refractivity contribution in [3.63, 3.8) is 0 Å². The summed E-state index contributed by atoms with van der Waals surface area (Å²) in [5.74, 6) is 0. The van der Waals surface area contributed by atoms with Gasteiger partial charge in [-0.3, -0.25) is 4.55 Å². The third-order valence-electron chi connectivity index (χ3n) is 1.62. The predicted molar refractivity (Wildman–Crippen MR) is 54.3 cm³/mol. The van der Waals surface area contributed by atoms with E-state index in [4.69, 9.17) is 4.55 Å². The number of hydrogen-bond acceptors (Lipinski definition) is 2. The second-order valence-electron chi connectivity index (χ2n) is 2.74. The SMILES string of the molecule is Cc1ccc(C)c(S(=O)(=O)O)c1.[PbH2]. The van der Waals surface area contributed by atoms with Crippen molar-refractivity contribution in [3.8, 4) is 0 Å². The first kappa shape index (κ1) is 13.1. The van der Waals surface area contributed by atoms with Crippen LogP contribution < -0.4 is 0 Å². The van der Waals surface area contributed by atoms with Gasteiger partial charge in [0.15, 0.2) is 0 Å². The van der Waals surface area contributed by atoms with Crippen LogP contribution in [0.1, 0.15) is 11.1 Å². The van der Waals surface area contributed by atoms with Gasteiger partial charge in [-0.2, -0.15) is 8.42 Å². The molecule has 0 aliphatic rings. The van der Waals surface area contributed by atoms with Crippen LogP contribution in [0, 0.1) is 13.8 Å². The van der Waals surface area contributed by atoms with Gasteiger partial charge >= 0.3 is 27.3 Å². The van der Waals surface area contributed by atoms with Crippen molar-refractivity contribution in [3.05, 3.63) is 29.3 Å². The van der Waals surface area contributed by atoms with Crippen LogP contribution in [-0.2, 0) is 10.1 Å². The number of hydrogen-bond donors (Lipinski definition) is 1. The molecule has 2 radical (unpaired) electrons. The standard InChI is InChI=1S/C8H10O3S.Pb.2H/c1-6-3-4-7(2)8(5-6)12(9,10)11;;;/h3-5H,1-2H3,(H,9,10,11);;;. The summed E-state index contributed by atoms with van der Waals surface area (Å²) in [6, 6.07) is 4.91. The van der Waals surface area contributed by atoms with Crippen LogP contribution in [0.3, 0.4) is 0 Å². The second kappa shape index (κ2) is 4.52. The average Bonchev–Trinajstić information content (AvgIpc) is 1.92. The van der Waals surface area contributed by atoms with E-state index in [1.807, 2.05) is 0 Å². The molecular weight excluding hydrogens is 383 g/mol. The molecule has 0 aliphatic heterocycles. The molecule has 0 aromatic heterocycles. The van der Waals surface area contributed by atoms with Gasteiger partial charge in [0.05, 0.1) is 4.90 Å². The third kappa shape index (κ3) is 3.35. The molecule has 0 aliphatic carbocycles. The van der Waals surface area contributed by atoms with Gasteiger partial charge < -0.3 is 0 Å². The Morgan fingerprint density at radius 1 is 1.23 bits per heavy atom. The van der Waals surface area contributed by atoms with Crippen molar-refractivity contribution in [2.75, 3.05) is 0 Å². The van der Waals surface area contributed by atoms with E-state index in [2.05, 4.69) is 0 Å². The Morgan fingerprint density at radius 2 is 1.77 bits per heavy atom. The van der Waals surface area contributed by atoms with Crippen LogP contribution in [0.25, 0.3) is 0 Å². The van der Waals surface area contributed by atoms with E-state index in [0.717, 1.165) is 5.56 Å². The molecule has 0 unspecified atom stereocenters. The predicted octanol–water partition coefficient (Wildman–Crippen LogP) is 0.634. The molecule has 0 saturated heterocycles. The van der Waals surface area contributed by atoms with Crippen molar-refractivity contribution in [1.29, 1.82) is 0 Å². The maximum atomic E-state index is 10.8.